The lowest BCUT2D eigenvalue weighted by molar-refractivity contribution is 0.284. The van der Waals surface area contributed by atoms with Crippen LogP contribution in [0.2, 0.25) is 0 Å². The molecule has 0 amide bonds. The van der Waals surface area contributed by atoms with Gasteiger partial charge < -0.3 is 14.8 Å². The van der Waals surface area contributed by atoms with Gasteiger partial charge in [-0.05, 0) is 29.8 Å². The Labute approximate surface area is 123 Å². The number of nitrogens with one attached hydrogen (secondary N) is 1. The third-order valence-corrected chi connectivity index (χ3v) is 3.26. The highest BCUT2D eigenvalue weighted by molar-refractivity contribution is 6.02. The van der Waals surface area contributed by atoms with Crippen molar-refractivity contribution in [1.82, 2.24) is 10.3 Å². The monoisotopic (exact) mass is 283 g/mol. The number of nitrogens with zero attached hydrogens (tertiary/aromatic N) is 2. The zero-order chi connectivity index (χ0) is 14.5. The van der Waals surface area contributed by atoms with Crippen molar-refractivity contribution in [3.63, 3.8) is 0 Å². The molecular formula is C16H17N3O2. The number of methoxy groups -OCH3 is 1. The average Bonchev–Trinajstić information content (AvgIpc) is 3.08. The molecule has 1 aliphatic heterocycles. The summed E-state index contributed by atoms with van der Waals surface area (Å²) in [6, 6.07) is 9.68. The van der Waals surface area contributed by atoms with E-state index in [9.17, 15) is 0 Å². The van der Waals surface area contributed by atoms with Gasteiger partial charge in [0.2, 0.25) is 0 Å². The van der Waals surface area contributed by atoms with Gasteiger partial charge in [0, 0.05) is 18.9 Å². The molecule has 5 nitrogen and oxygen atoms in total. The molecule has 0 radical (unpaired) electrons. The van der Waals surface area contributed by atoms with Crippen molar-refractivity contribution in [3.05, 3.63) is 53.9 Å². The van der Waals surface area contributed by atoms with E-state index in [-0.39, 0.29) is 0 Å². The summed E-state index contributed by atoms with van der Waals surface area (Å²) >= 11 is 0. The van der Waals surface area contributed by atoms with E-state index in [0.29, 0.717) is 18.1 Å². The molecule has 2 aromatic rings. The first-order chi connectivity index (χ1) is 10.4. The van der Waals surface area contributed by atoms with Gasteiger partial charge in [0.05, 0.1) is 19.2 Å². The molecule has 2 heterocycles. The summed E-state index contributed by atoms with van der Waals surface area (Å²) in [5, 5.41) is 3.27. The predicted octanol–water partition coefficient (Wildman–Crippen LogP) is 2.02. The van der Waals surface area contributed by atoms with Crippen LogP contribution in [0.1, 0.15) is 11.1 Å². The molecule has 0 bridgehead atoms. The molecule has 0 fully saturated rings. The number of aliphatic imine (C=N–C) groups is 1. The van der Waals surface area contributed by atoms with Crippen molar-refractivity contribution >= 4 is 5.84 Å². The van der Waals surface area contributed by atoms with Gasteiger partial charge >= 0.3 is 0 Å². The van der Waals surface area contributed by atoms with Gasteiger partial charge in [0.15, 0.2) is 11.5 Å². The molecule has 21 heavy (non-hydrogen) atoms. The Kier molecular flexibility index (Phi) is 4.00. The fraction of sp³-hybridized carbons (Fsp3) is 0.250. The van der Waals surface area contributed by atoms with E-state index in [4.69, 9.17) is 9.47 Å². The number of benzene rings is 1. The van der Waals surface area contributed by atoms with Crippen molar-refractivity contribution in [2.45, 2.75) is 6.61 Å². The summed E-state index contributed by atoms with van der Waals surface area (Å²) < 4.78 is 11.4. The van der Waals surface area contributed by atoms with E-state index in [1.165, 1.54) is 0 Å². The number of para-hydroxylation sites is 1. The van der Waals surface area contributed by atoms with Crippen LogP contribution in [0.5, 0.6) is 11.5 Å². The highest BCUT2D eigenvalue weighted by Crippen LogP contribution is 2.32. The van der Waals surface area contributed by atoms with Crippen molar-refractivity contribution in [3.8, 4) is 11.5 Å². The third kappa shape index (κ3) is 2.97. The van der Waals surface area contributed by atoms with E-state index >= 15 is 0 Å². The van der Waals surface area contributed by atoms with Crippen LogP contribution in [0, 0.1) is 0 Å². The number of rotatable bonds is 5. The maximum absolute atomic E-state index is 5.98. The maximum Gasteiger partial charge on any atom is 0.172 e. The molecule has 0 unspecified atom stereocenters. The molecule has 3 rings (SSSR count). The van der Waals surface area contributed by atoms with Crippen molar-refractivity contribution in [1.29, 1.82) is 0 Å². The minimum absolute atomic E-state index is 0.461. The Bertz CT molecular complexity index is 641. The smallest absolute Gasteiger partial charge is 0.172 e. The van der Waals surface area contributed by atoms with Gasteiger partial charge in [-0.25, -0.2) is 0 Å². The zero-order valence-electron chi connectivity index (χ0n) is 11.9. The Morgan fingerprint density at radius 3 is 2.76 bits per heavy atom. The van der Waals surface area contributed by atoms with Gasteiger partial charge in [-0.15, -0.1) is 0 Å². The number of hydrogen-bond acceptors (Lipinski definition) is 5. The van der Waals surface area contributed by atoms with E-state index < -0.39 is 0 Å². The van der Waals surface area contributed by atoms with E-state index in [2.05, 4.69) is 15.3 Å². The standard InChI is InChI=1S/C16H17N3O2/c1-20-14-4-2-3-13(16-18-9-10-19-16)15(14)21-11-12-5-7-17-8-6-12/h2-8H,9-11H2,1H3,(H,18,19). The lowest BCUT2D eigenvalue weighted by atomic mass is 10.1. The third-order valence-electron chi connectivity index (χ3n) is 3.26. The SMILES string of the molecule is COc1cccc(C2=NCCN2)c1OCc1ccncc1. The molecular weight excluding hydrogens is 266 g/mol. The minimum atomic E-state index is 0.461. The summed E-state index contributed by atoms with van der Waals surface area (Å²) in [6.45, 7) is 2.11. The zero-order valence-corrected chi connectivity index (χ0v) is 11.9. The highest BCUT2D eigenvalue weighted by atomic mass is 16.5. The van der Waals surface area contributed by atoms with E-state index in [1.54, 1.807) is 19.5 Å². The Morgan fingerprint density at radius 2 is 2.05 bits per heavy atom. The molecule has 5 heteroatoms. The van der Waals surface area contributed by atoms with Crippen LogP contribution in [-0.2, 0) is 6.61 Å². The van der Waals surface area contributed by atoms with Gasteiger partial charge in [0.25, 0.3) is 0 Å². The number of pyridine rings is 1. The fourth-order valence-electron chi connectivity index (χ4n) is 2.22. The summed E-state index contributed by atoms with van der Waals surface area (Å²) in [5.74, 6) is 2.28. The maximum atomic E-state index is 5.98. The second-order valence-corrected chi connectivity index (χ2v) is 4.64. The van der Waals surface area contributed by atoms with Crippen LogP contribution in [0.15, 0.2) is 47.7 Å². The van der Waals surface area contributed by atoms with Crippen LogP contribution in [0.4, 0.5) is 0 Å². The lowest BCUT2D eigenvalue weighted by Crippen LogP contribution is -2.20. The average molecular weight is 283 g/mol. The van der Waals surface area contributed by atoms with Crippen molar-refractivity contribution in [2.75, 3.05) is 20.2 Å². The molecule has 0 saturated carbocycles. The van der Waals surface area contributed by atoms with Crippen molar-refractivity contribution in [2.24, 2.45) is 4.99 Å². The molecule has 1 aromatic heterocycles. The Balaban J connectivity index is 1.88. The van der Waals surface area contributed by atoms with Gasteiger partial charge in [-0.1, -0.05) is 6.07 Å². The summed E-state index contributed by atoms with van der Waals surface area (Å²) in [5.41, 5.74) is 1.99. The van der Waals surface area contributed by atoms with Crippen LogP contribution >= 0.6 is 0 Å². The van der Waals surface area contributed by atoms with Gasteiger partial charge in [-0.3, -0.25) is 9.98 Å². The molecule has 1 aliphatic rings. The molecule has 1 aromatic carbocycles. The highest BCUT2D eigenvalue weighted by Gasteiger charge is 2.17. The second kappa shape index (κ2) is 6.26. The van der Waals surface area contributed by atoms with Crippen LogP contribution < -0.4 is 14.8 Å². The van der Waals surface area contributed by atoms with E-state index in [1.807, 2.05) is 30.3 Å². The normalized spacial score (nSPS) is 13.5. The number of amidine groups is 1. The van der Waals surface area contributed by atoms with Crippen LogP contribution in [0.3, 0.4) is 0 Å². The largest absolute Gasteiger partial charge is 0.493 e. The van der Waals surface area contributed by atoms with Gasteiger partial charge in [0.1, 0.15) is 12.4 Å². The first-order valence-electron chi connectivity index (χ1n) is 6.86. The quantitative estimate of drug-likeness (QED) is 0.912. The molecule has 0 saturated heterocycles. The molecule has 0 atom stereocenters. The van der Waals surface area contributed by atoms with Crippen molar-refractivity contribution < 1.29 is 9.47 Å². The number of ether oxygens (including phenoxy) is 2. The first kappa shape index (κ1) is 13.4. The molecule has 108 valence electrons. The molecule has 1 N–H and O–H groups in total. The predicted molar refractivity (Wildman–Crippen MR) is 81.0 cm³/mol. The summed E-state index contributed by atoms with van der Waals surface area (Å²) in [6.07, 6.45) is 3.51. The lowest BCUT2D eigenvalue weighted by Gasteiger charge is -2.15. The summed E-state index contributed by atoms with van der Waals surface area (Å²) in [4.78, 5) is 8.46. The van der Waals surface area contributed by atoms with E-state index in [0.717, 1.165) is 30.1 Å². The van der Waals surface area contributed by atoms with Crippen LogP contribution in [-0.4, -0.2) is 31.0 Å². The minimum Gasteiger partial charge on any atom is -0.493 e. The second-order valence-electron chi connectivity index (χ2n) is 4.64. The van der Waals surface area contributed by atoms with Crippen LogP contribution in [0.25, 0.3) is 0 Å². The molecule has 0 aliphatic carbocycles. The fourth-order valence-corrected chi connectivity index (χ4v) is 2.22. The molecule has 0 spiro atoms. The number of aromatic nitrogens is 1. The first-order valence-corrected chi connectivity index (χ1v) is 6.86. The van der Waals surface area contributed by atoms with Gasteiger partial charge in [-0.2, -0.15) is 0 Å². The topological polar surface area (TPSA) is 55.7 Å². The number of hydrogen-bond donors (Lipinski definition) is 1. The summed E-state index contributed by atoms with van der Waals surface area (Å²) in [7, 11) is 1.64. The Hall–Kier alpha value is -2.56. The Morgan fingerprint density at radius 1 is 1.19 bits per heavy atom.